The summed E-state index contributed by atoms with van der Waals surface area (Å²) >= 11 is 0. The Morgan fingerprint density at radius 3 is 2.16 bits per heavy atom. The summed E-state index contributed by atoms with van der Waals surface area (Å²) in [5, 5.41) is 2.82. The molecule has 0 spiro atoms. The molecule has 0 saturated heterocycles. The van der Waals surface area contributed by atoms with E-state index in [2.05, 4.69) is 26.1 Å². The van der Waals surface area contributed by atoms with Crippen molar-refractivity contribution in [2.24, 2.45) is 5.41 Å². The Bertz CT molecular complexity index is 378. The van der Waals surface area contributed by atoms with Gasteiger partial charge in [-0.1, -0.05) is 33.6 Å². The number of amides is 1. The topological polar surface area (TPSA) is 56.8 Å². The first-order chi connectivity index (χ1) is 11.4. The molecule has 0 radical (unpaired) electrons. The van der Waals surface area contributed by atoms with Gasteiger partial charge in [0, 0.05) is 13.7 Å². The van der Waals surface area contributed by atoms with Gasteiger partial charge in [-0.2, -0.15) is 0 Å². The second kappa shape index (κ2) is 11.0. The molecule has 150 valence electrons. The van der Waals surface area contributed by atoms with E-state index in [9.17, 15) is 4.79 Å². The third kappa shape index (κ3) is 13.1. The minimum Gasteiger partial charge on any atom is -0.449 e. The number of carbonyl (C=O) groups is 1. The Morgan fingerprint density at radius 2 is 1.60 bits per heavy atom. The molecule has 0 fully saturated rings. The zero-order chi connectivity index (χ0) is 19.6. The van der Waals surface area contributed by atoms with E-state index < -0.39 is 0 Å². The molecule has 0 aliphatic carbocycles. The lowest BCUT2D eigenvalue weighted by molar-refractivity contribution is -0.0606. The Kier molecular flexibility index (Phi) is 10.7. The number of hydrogen-bond acceptors (Lipinski definition) is 4. The highest BCUT2D eigenvalue weighted by Crippen LogP contribution is 2.23. The first kappa shape index (κ1) is 24.2. The number of rotatable bonds is 13. The summed E-state index contributed by atoms with van der Waals surface area (Å²) < 4.78 is 16.7. The van der Waals surface area contributed by atoms with E-state index in [-0.39, 0.29) is 22.7 Å². The number of unbranched alkanes of at least 4 members (excludes halogenated alkanes) is 1. The smallest absolute Gasteiger partial charge is 0.407 e. The summed E-state index contributed by atoms with van der Waals surface area (Å²) in [4.78, 5) is 11.8. The molecule has 25 heavy (non-hydrogen) atoms. The predicted molar refractivity (Wildman–Crippen MR) is 103 cm³/mol. The van der Waals surface area contributed by atoms with Crippen LogP contribution in [-0.2, 0) is 14.2 Å². The van der Waals surface area contributed by atoms with Crippen LogP contribution >= 0.6 is 0 Å². The summed E-state index contributed by atoms with van der Waals surface area (Å²) in [5.41, 5.74) is -0.440. The van der Waals surface area contributed by atoms with E-state index in [0.717, 1.165) is 32.1 Å². The molecule has 1 N–H and O–H groups in total. The van der Waals surface area contributed by atoms with Crippen LogP contribution in [0.4, 0.5) is 4.79 Å². The molecule has 0 heterocycles. The van der Waals surface area contributed by atoms with Gasteiger partial charge in [-0.25, -0.2) is 4.79 Å². The largest absolute Gasteiger partial charge is 0.449 e. The number of methoxy groups -OCH3 is 1. The maximum Gasteiger partial charge on any atom is 0.407 e. The Morgan fingerprint density at radius 1 is 0.960 bits per heavy atom. The van der Waals surface area contributed by atoms with Crippen LogP contribution in [0.2, 0.25) is 0 Å². The molecule has 5 nitrogen and oxygen atoms in total. The average molecular weight is 360 g/mol. The van der Waals surface area contributed by atoms with Crippen LogP contribution in [0.1, 0.15) is 80.6 Å². The van der Waals surface area contributed by atoms with Crippen molar-refractivity contribution in [1.82, 2.24) is 5.32 Å². The lowest BCUT2D eigenvalue weighted by atomic mass is 9.88. The highest BCUT2D eigenvalue weighted by Gasteiger charge is 2.23. The number of carbonyl (C=O) groups excluding carboxylic acids is 1. The summed E-state index contributed by atoms with van der Waals surface area (Å²) in [7, 11) is 1.71. The first-order valence-corrected chi connectivity index (χ1v) is 9.53. The van der Waals surface area contributed by atoms with E-state index in [4.69, 9.17) is 14.2 Å². The molecule has 0 aromatic rings. The quantitative estimate of drug-likeness (QED) is 0.506. The van der Waals surface area contributed by atoms with E-state index in [1.54, 1.807) is 7.11 Å². The minimum absolute atomic E-state index is 0.0316. The lowest BCUT2D eigenvalue weighted by Gasteiger charge is -2.29. The van der Waals surface area contributed by atoms with Gasteiger partial charge < -0.3 is 19.5 Å². The number of alkyl carbamates (subject to hydrolysis) is 1. The van der Waals surface area contributed by atoms with Crippen molar-refractivity contribution in [2.75, 3.05) is 26.9 Å². The number of ether oxygens (including phenoxy) is 3. The highest BCUT2D eigenvalue weighted by molar-refractivity contribution is 5.67. The molecule has 0 aliphatic rings. The fraction of sp³-hybridized carbons (Fsp3) is 0.950. The number of hydrogen-bond donors (Lipinski definition) is 1. The minimum atomic E-state index is -0.346. The van der Waals surface area contributed by atoms with Gasteiger partial charge in [0.25, 0.3) is 0 Å². The van der Waals surface area contributed by atoms with Gasteiger partial charge >= 0.3 is 6.09 Å². The molecule has 0 aromatic heterocycles. The zero-order valence-corrected chi connectivity index (χ0v) is 17.8. The monoisotopic (exact) mass is 359 g/mol. The Labute approximate surface area is 155 Å². The predicted octanol–water partition coefficient (Wildman–Crippen LogP) is 4.93. The van der Waals surface area contributed by atoms with Gasteiger partial charge in [-0.05, 0) is 52.4 Å². The van der Waals surface area contributed by atoms with E-state index in [1.807, 2.05) is 27.7 Å². The molecule has 0 unspecified atom stereocenters. The van der Waals surface area contributed by atoms with Gasteiger partial charge in [0.2, 0.25) is 0 Å². The molecule has 5 heteroatoms. The first-order valence-electron chi connectivity index (χ1n) is 9.53. The highest BCUT2D eigenvalue weighted by atomic mass is 16.5. The maximum absolute atomic E-state index is 11.8. The number of nitrogens with one attached hydrogen (secondary N) is 1. The molecular formula is C20H41NO4. The van der Waals surface area contributed by atoms with E-state index >= 15 is 0 Å². The SMILES string of the molecule is CCCCC(C)(C)COC(=O)NCCC(C)(C)OCCC(C)(C)OC. The maximum atomic E-state index is 11.8. The van der Waals surface area contributed by atoms with Crippen molar-refractivity contribution in [3.8, 4) is 0 Å². The molecule has 0 atom stereocenters. The molecule has 1 amide bonds. The normalized spacial score (nSPS) is 13.0. The summed E-state index contributed by atoms with van der Waals surface area (Å²) in [6.45, 7) is 16.2. The summed E-state index contributed by atoms with van der Waals surface area (Å²) in [6.07, 6.45) is 4.59. The van der Waals surface area contributed by atoms with Crippen molar-refractivity contribution >= 4 is 6.09 Å². The molecule has 0 aromatic carbocycles. The average Bonchev–Trinajstić information content (AvgIpc) is 2.50. The fourth-order valence-corrected chi connectivity index (χ4v) is 2.25. The summed E-state index contributed by atoms with van der Waals surface area (Å²) in [5.74, 6) is 0. The molecule has 0 saturated carbocycles. The van der Waals surface area contributed by atoms with Crippen LogP contribution in [0.15, 0.2) is 0 Å². The lowest BCUT2D eigenvalue weighted by Crippen LogP contribution is -2.35. The van der Waals surface area contributed by atoms with Crippen LogP contribution in [0.3, 0.4) is 0 Å². The molecule has 0 rings (SSSR count). The van der Waals surface area contributed by atoms with Crippen molar-refractivity contribution < 1.29 is 19.0 Å². The van der Waals surface area contributed by atoms with Crippen LogP contribution in [0.5, 0.6) is 0 Å². The van der Waals surface area contributed by atoms with Gasteiger partial charge in [-0.15, -0.1) is 0 Å². The third-order valence-electron chi connectivity index (χ3n) is 4.55. The molecular weight excluding hydrogens is 318 g/mol. The van der Waals surface area contributed by atoms with Crippen LogP contribution < -0.4 is 5.32 Å². The summed E-state index contributed by atoms with van der Waals surface area (Å²) in [6, 6.07) is 0. The fourth-order valence-electron chi connectivity index (χ4n) is 2.25. The molecule has 0 aliphatic heterocycles. The van der Waals surface area contributed by atoms with Crippen molar-refractivity contribution in [2.45, 2.75) is 91.8 Å². The Hall–Kier alpha value is -0.810. The van der Waals surface area contributed by atoms with Crippen LogP contribution in [0.25, 0.3) is 0 Å². The standard InChI is InChI=1S/C20H41NO4/c1-9-10-11-18(2,3)16-24-17(22)21-14-12-20(6,7)25-15-13-19(4,5)23-8/h9-16H2,1-8H3,(H,21,22). The van der Waals surface area contributed by atoms with E-state index in [1.165, 1.54) is 0 Å². The Balaban J connectivity index is 3.98. The third-order valence-corrected chi connectivity index (χ3v) is 4.55. The van der Waals surface area contributed by atoms with Crippen molar-refractivity contribution in [3.63, 3.8) is 0 Å². The van der Waals surface area contributed by atoms with E-state index in [0.29, 0.717) is 19.8 Å². The van der Waals surface area contributed by atoms with Crippen LogP contribution in [0, 0.1) is 5.41 Å². The second-order valence-corrected chi connectivity index (χ2v) is 8.84. The van der Waals surface area contributed by atoms with Crippen LogP contribution in [-0.4, -0.2) is 44.2 Å². The van der Waals surface area contributed by atoms with Crippen molar-refractivity contribution in [1.29, 1.82) is 0 Å². The zero-order valence-electron chi connectivity index (χ0n) is 17.8. The van der Waals surface area contributed by atoms with Gasteiger partial charge in [0.1, 0.15) is 0 Å². The van der Waals surface area contributed by atoms with Gasteiger partial charge in [-0.3, -0.25) is 0 Å². The van der Waals surface area contributed by atoms with Gasteiger partial charge in [0.15, 0.2) is 0 Å². The van der Waals surface area contributed by atoms with Crippen molar-refractivity contribution in [3.05, 3.63) is 0 Å². The molecule has 0 bridgehead atoms. The second-order valence-electron chi connectivity index (χ2n) is 8.84. The van der Waals surface area contributed by atoms with Gasteiger partial charge in [0.05, 0.1) is 24.4 Å².